The lowest BCUT2D eigenvalue weighted by Crippen LogP contribution is -2.35. The summed E-state index contributed by atoms with van der Waals surface area (Å²) < 4.78 is 8.09. The second kappa shape index (κ2) is 9.62. The molecule has 3 aromatic rings. The van der Waals surface area contributed by atoms with E-state index in [1.165, 1.54) is 22.3 Å². The molecular formula is C28H27N5O2S. The van der Waals surface area contributed by atoms with Crippen molar-refractivity contribution in [2.45, 2.75) is 34.1 Å². The minimum absolute atomic E-state index is 0.0159. The molecule has 0 saturated carbocycles. The molecule has 0 bridgehead atoms. The van der Waals surface area contributed by atoms with Gasteiger partial charge in [-0.15, -0.1) is 0 Å². The van der Waals surface area contributed by atoms with Crippen molar-refractivity contribution in [3.8, 4) is 11.4 Å². The maximum Gasteiger partial charge on any atom is 0.283 e. The zero-order valence-electron chi connectivity index (χ0n) is 20.7. The molecule has 36 heavy (non-hydrogen) atoms. The first-order chi connectivity index (χ1) is 17.4. The summed E-state index contributed by atoms with van der Waals surface area (Å²) in [6.07, 6.45) is 2.67. The Morgan fingerprint density at radius 2 is 1.83 bits per heavy atom. The summed E-state index contributed by atoms with van der Waals surface area (Å²) in [5.74, 6) is 0.357. The normalized spacial score (nSPS) is 16.3. The van der Waals surface area contributed by atoms with Gasteiger partial charge < -0.3 is 9.30 Å². The van der Waals surface area contributed by atoms with Gasteiger partial charge in [-0.25, -0.2) is 0 Å². The standard InChI is InChI=1S/C28H27N5O2S/c1-5-20-11-7-8-12-23(20)32-18(3)14-21(19(32)4)15-22-26(29)33-28(30-27(22)34)36-25(31-33)16-35-24-13-9-6-10-17(24)2/h6-15,29H,5,16H2,1-4H3/b22-15+,29-26?. The summed E-state index contributed by atoms with van der Waals surface area (Å²) in [6, 6.07) is 18.1. The number of carbonyl (C=O) groups is 1. The van der Waals surface area contributed by atoms with Crippen LogP contribution in [0.2, 0.25) is 0 Å². The van der Waals surface area contributed by atoms with Gasteiger partial charge >= 0.3 is 0 Å². The van der Waals surface area contributed by atoms with E-state index in [1.54, 1.807) is 6.08 Å². The van der Waals surface area contributed by atoms with Crippen LogP contribution < -0.4 is 4.74 Å². The van der Waals surface area contributed by atoms with Gasteiger partial charge in [0.15, 0.2) is 5.84 Å². The smallest absolute Gasteiger partial charge is 0.283 e. The SMILES string of the molecule is CCc1ccccc1-n1c(C)cc(/C=C2\C(=N)N3N=C(COc4ccccc4C)SC3=NC2=O)c1C. The molecule has 1 aromatic heterocycles. The highest BCUT2D eigenvalue weighted by Crippen LogP contribution is 2.31. The monoisotopic (exact) mass is 497 g/mol. The van der Waals surface area contributed by atoms with Crippen LogP contribution in [0.25, 0.3) is 11.8 Å². The van der Waals surface area contributed by atoms with Crippen molar-refractivity contribution in [1.82, 2.24) is 9.58 Å². The van der Waals surface area contributed by atoms with Gasteiger partial charge in [-0.05, 0) is 79.9 Å². The number of carbonyl (C=O) groups excluding carboxylic acids is 1. The molecule has 1 amide bonds. The van der Waals surface area contributed by atoms with E-state index in [1.807, 2.05) is 63.2 Å². The van der Waals surface area contributed by atoms with Crippen LogP contribution in [0.3, 0.4) is 0 Å². The Morgan fingerprint density at radius 3 is 2.61 bits per heavy atom. The number of nitrogens with zero attached hydrogens (tertiary/aromatic N) is 4. The Hall–Kier alpha value is -3.91. The number of nitrogens with one attached hydrogen (secondary N) is 1. The lowest BCUT2D eigenvalue weighted by Gasteiger charge is -2.20. The van der Waals surface area contributed by atoms with Crippen molar-refractivity contribution in [1.29, 1.82) is 5.41 Å². The number of aliphatic imine (C=N–C) groups is 1. The van der Waals surface area contributed by atoms with Gasteiger partial charge in [0.05, 0.1) is 5.57 Å². The minimum atomic E-state index is -0.436. The number of thioether (sulfide) groups is 1. The molecule has 0 atom stereocenters. The number of ether oxygens (including phenoxy) is 1. The van der Waals surface area contributed by atoms with Gasteiger partial charge in [0, 0.05) is 17.1 Å². The Kier molecular flexibility index (Phi) is 6.36. The fraction of sp³-hybridized carbons (Fsp3) is 0.214. The molecule has 0 unspecified atom stereocenters. The van der Waals surface area contributed by atoms with E-state index < -0.39 is 5.91 Å². The molecule has 7 nitrogen and oxygen atoms in total. The number of benzene rings is 2. The maximum atomic E-state index is 12.9. The highest BCUT2D eigenvalue weighted by molar-refractivity contribution is 8.27. The highest BCUT2D eigenvalue weighted by Gasteiger charge is 2.36. The highest BCUT2D eigenvalue weighted by atomic mass is 32.2. The lowest BCUT2D eigenvalue weighted by molar-refractivity contribution is -0.114. The lowest BCUT2D eigenvalue weighted by atomic mass is 10.1. The molecule has 3 heterocycles. The van der Waals surface area contributed by atoms with Crippen molar-refractivity contribution in [2.24, 2.45) is 10.1 Å². The molecule has 2 aromatic carbocycles. The van der Waals surface area contributed by atoms with E-state index in [0.717, 1.165) is 40.4 Å². The molecule has 0 spiro atoms. The summed E-state index contributed by atoms with van der Waals surface area (Å²) in [7, 11) is 0. The number of hydrazone groups is 1. The first-order valence-electron chi connectivity index (χ1n) is 11.8. The number of hydrogen-bond donors (Lipinski definition) is 1. The molecule has 2 aliphatic rings. The Morgan fingerprint density at radius 1 is 1.08 bits per heavy atom. The van der Waals surface area contributed by atoms with Crippen LogP contribution in [0.1, 0.15) is 35.0 Å². The number of amidine groups is 2. The predicted molar refractivity (Wildman–Crippen MR) is 146 cm³/mol. The van der Waals surface area contributed by atoms with Gasteiger partial charge in [0.1, 0.15) is 17.4 Å². The average molecular weight is 498 g/mol. The molecule has 0 saturated heterocycles. The van der Waals surface area contributed by atoms with Gasteiger partial charge in [0.25, 0.3) is 5.91 Å². The topological polar surface area (TPSA) is 83.0 Å². The fourth-order valence-corrected chi connectivity index (χ4v) is 5.23. The van der Waals surface area contributed by atoms with Crippen LogP contribution in [0.4, 0.5) is 0 Å². The largest absolute Gasteiger partial charge is 0.486 e. The molecule has 0 aliphatic carbocycles. The number of aromatic nitrogens is 1. The predicted octanol–water partition coefficient (Wildman–Crippen LogP) is 5.66. The summed E-state index contributed by atoms with van der Waals surface area (Å²) in [6.45, 7) is 8.44. The number of para-hydroxylation sites is 2. The third-order valence-corrected chi connectivity index (χ3v) is 7.21. The first kappa shape index (κ1) is 23.8. The summed E-state index contributed by atoms with van der Waals surface area (Å²) >= 11 is 1.25. The van der Waals surface area contributed by atoms with Crippen LogP contribution in [0.5, 0.6) is 5.75 Å². The minimum Gasteiger partial charge on any atom is -0.486 e. The Labute approximate surface area is 214 Å². The van der Waals surface area contributed by atoms with E-state index in [4.69, 9.17) is 10.1 Å². The van der Waals surface area contributed by atoms with Gasteiger partial charge in [-0.3, -0.25) is 10.2 Å². The number of amides is 1. The van der Waals surface area contributed by atoms with Crippen LogP contribution >= 0.6 is 11.8 Å². The van der Waals surface area contributed by atoms with Gasteiger partial charge in [-0.1, -0.05) is 43.3 Å². The van der Waals surface area contributed by atoms with Crippen LogP contribution in [-0.2, 0) is 11.2 Å². The number of rotatable bonds is 6. The quantitative estimate of drug-likeness (QED) is 0.445. The van der Waals surface area contributed by atoms with E-state index >= 15 is 0 Å². The number of aryl methyl sites for hydroxylation is 3. The molecule has 5 rings (SSSR count). The van der Waals surface area contributed by atoms with E-state index in [9.17, 15) is 4.79 Å². The summed E-state index contributed by atoms with van der Waals surface area (Å²) in [4.78, 5) is 17.2. The first-order valence-corrected chi connectivity index (χ1v) is 12.6. The third-order valence-electron chi connectivity index (χ3n) is 6.32. The molecule has 0 fully saturated rings. The Balaban J connectivity index is 1.42. The third kappa shape index (κ3) is 4.28. The number of hydrogen-bond acceptors (Lipinski definition) is 5. The van der Waals surface area contributed by atoms with Gasteiger partial charge in [-0.2, -0.15) is 15.1 Å². The zero-order chi connectivity index (χ0) is 25.4. The van der Waals surface area contributed by atoms with Crippen molar-refractivity contribution < 1.29 is 9.53 Å². The van der Waals surface area contributed by atoms with E-state index in [-0.39, 0.29) is 18.0 Å². The molecule has 1 N–H and O–H groups in total. The van der Waals surface area contributed by atoms with Crippen LogP contribution in [0.15, 0.2) is 70.3 Å². The second-order valence-corrected chi connectivity index (χ2v) is 9.75. The van der Waals surface area contributed by atoms with E-state index in [2.05, 4.69) is 33.7 Å². The van der Waals surface area contributed by atoms with Gasteiger partial charge in [0.2, 0.25) is 5.17 Å². The molecule has 182 valence electrons. The van der Waals surface area contributed by atoms with Crippen LogP contribution in [0, 0.1) is 26.2 Å². The van der Waals surface area contributed by atoms with Crippen molar-refractivity contribution in [2.75, 3.05) is 6.61 Å². The molecular weight excluding hydrogens is 470 g/mol. The maximum absolute atomic E-state index is 12.9. The molecule has 0 radical (unpaired) electrons. The van der Waals surface area contributed by atoms with Crippen molar-refractivity contribution in [3.05, 3.63) is 88.2 Å². The van der Waals surface area contributed by atoms with Crippen LogP contribution in [-0.4, -0.2) is 38.1 Å². The Bertz CT molecular complexity index is 1480. The average Bonchev–Trinajstić information content (AvgIpc) is 3.40. The number of fused-ring (bicyclic) bond motifs is 1. The molecule has 2 aliphatic heterocycles. The zero-order valence-corrected chi connectivity index (χ0v) is 21.5. The fourth-order valence-electron chi connectivity index (χ4n) is 4.44. The summed E-state index contributed by atoms with van der Waals surface area (Å²) in [5, 5.41) is 15.7. The van der Waals surface area contributed by atoms with Crippen molar-refractivity contribution >= 4 is 39.8 Å². The second-order valence-electron chi connectivity index (χ2n) is 8.71. The van der Waals surface area contributed by atoms with Crippen molar-refractivity contribution in [3.63, 3.8) is 0 Å². The molecule has 8 heteroatoms. The van der Waals surface area contributed by atoms with E-state index in [0.29, 0.717) is 10.2 Å². The summed E-state index contributed by atoms with van der Waals surface area (Å²) in [5.41, 5.74) is 6.57.